The minimum Gasteiger partial charge on any atom is -0.506 e. The van der Waals surface area contributed by atoms with E-state index in [0.29, 0.717) is 0 Å². The zero-order valence-corrected chi connectivity index (χ0v) is 8.72. The summed E-state index contributed by atoms with van der Waals surface area (Å²) < 4.78 is 0. The molecule has 0 amide bonds. The third kappa shape index (κ3) is 2.82. The summed E-state index contributed by atoms with van der Waals surface area (Å²) in [5.74, 6) is -0.149. The Morgan fingerprint density at radius 3 is 2.53 bits per heavy atom. The molecule has 0 spiro atoms. The maximum Gasteiger partial charge on any atom is 0.134 e. The molecule has 0 saturated carbocycles. The zero-order chi connectivity index (χ0) is 11.4. The number of benzene rings is 1. The molecule has 0 saturated heterocycles. The Morgan fingerprint density at radius 1 is 1.27 bits per heavy atom. The fourth-order valence-electron chi connectivity index (χ4n) is 1.26. The highest BCUT2D eigenvalue weighted by Crippen LogP contribution is 2.32. The summed E-state index contributed by atoms with van der Waals surface area (Å²) >= 11 is 5.75. The molecule has 0 aromatic heterocycles. The van der Waals surface area contributed by atoms with E-state index in [1.165, 1.54) is 18.2 Å². The molecule has 0 aliphatic rings. The van der Waals surface area contributed by atoms with E-state index in [-0.39, 0.29) is 29.4 Å². The molecule has 0 aliphatic heterocycles. The summed E-state index contributed by atoms with van der Waals surface area (Å²) in [6.45, 7) is -0.228. The first-order chi connectivity index (χ1) is 7.07. The molecule has 2 unspecified atom stereocenters. The third-order valence-corrected chi connectivity index (χ3v) is 2.53. The van der Waals surface area contributed by atoms with Gasteiger partial charge in [-0.2, -0.15) is 0 Å². The van der Waals surface area contributed by atoms with Crippen molar-refractivity contribution < 1.29 is 20.4 Å². The molecule has 0 heterocycles. The molecule has 1 aromatic carbocycles. The van der Waals surface area contributed by atoms with Crippen molar-refractivity contribution >= 4 is 11.6 Å². The summed E-state index contributed by atoms with van der Waals surface area (Å²) in [6, 6.07) is 4.41. The van der Waals surface area contributed by atoms with E-state index >= 15 is 0 Å². The number of aliphatic hydroxyl groups is 3. The molecular weight excluding hydrogens is 220 g/mol. The van der Waals surface area contributed by atoms with Gasteiger partial charge in [-0.25, -0.2) is 0 Å². The number of phenols is 1. The molecule has 15 heavy (non-hydrogen) atoms. The van der Waals surface area contributed by atoms with Gasteiger partial charge in [0.1, 0.15) is 11.9 Å². The molecular formula is C10H13ClO4. The average molecular weight is 233 g/mol. The van der Waals surface area contributed by atoms with Crippen LogP contribution in [0.4, 0.5) is 0 Å². The topological polar surface area (TPSA) is 80.9 Å². The number of rotatable bonds is 4. The van der Waals surface area contributed by atoms with Crippen molar-refractivity contribution in [2.24, 2.45) is 0 Å². The quantitative estimate of drug-likeness (QED) is 0.620. The second-order valence-corrected chi connectivity index (χ2v) is 3.58. The molecule has 0 fully saturated rings. The lowest BCUT2D eigenvalue weighted by atomic mass is 10.0. The lowest BCUT2D eigenvalue weighted by Crippen LogP contribution is -2.19. The molecule has 84 valence electrons. The van der Waals surface area contributed by atoms with Crippen molar-refractivity contribution in [2.45, 2.75) is 18.6 Å². The average Bonchev–Trinajstić information content (AvgIpc) is 2.21. The Bertz CT molecular complexity index is 329. The number of hydrogen-bond donors (Lipinski definition) is 4. The van der Waals surface area contributed by atoms with Crippen LogP contribution >= 0.6 is 11.6 Å². The number of aromatic hydroxyl groups is 1. The summed E-state index contributed by atoms with van der Waals surface area (Å²) in [5, 5.41) is 37.0. The van der Waals surface area contributed by atoms with Crippen molar-refractivity contribution in [3.63, 3.8) is 0 Å². The van der Waals surface area contributed by atoms with Gasteiger partial charge in [0.25, 0.3) is 0 Å². The molecule has 5 heteroatoms. The van der Waals surface area contributed by atoms with E-state index in [9.17, 15) is 15.3 Å². The lowest BCUT2D eigenvalue weighted by molar-refractivity contribution is 0.00419. The van der Waals surface area contributed by atoms with Gasteiger partial charge >= 0.3 is 0 Å². The van der Waals surface area contributed by atoms with Gasteiger partial charge in [-0.15, -0.1) is 0 Å². The molecule has 1 aromatic rings. The summed E-state index contributed by atoms with van der Waals surface area (Å²) in [7, 11) is 0. The second-order valence-electron chi connectivity index (χ2n) is 3.20. The number of phenolic OH excluding ortho intramolecular Hbond substituents is 1. The largest absolute Gasteiger partial charge is 0.506 e. The first kappa shape index (κ1) is 12.3. The molecule has 4 nitrogen and oxygen atoms in total. The Balaban J connectivity index is 2.90. The lowest BCUT2D eigenvalue weighted by Gasteiger charge is -2.18. The smallest absolute Gasteiger partial charge is 0.134 e. The SMILES string of the molecule is OCCC(O)C(O)c1cccc(O)c1Cl. The fraction of sp³-hybridized carbons (Fsp3) is 0.400. The van der Waals surface area contributed by atoms with E-state index < -0.39 is 12.2 Å². The standard InChI is InChI=1S/C10H13ClO4/c11-9-6(2-1-3-7(9)13)10(15)8(14)4-5-12/h1-3,8,10,12-15H,4-5H2. The van der Waals surface area contributed by atoms with Crippen LogP contribution in [-0.2, 0) is 0 Å². The summed E-state index contributed by atoms with van der Waals surface area (Å²) in [6.07, 6.45) is -2.27. The molecule has 2 atom stereocenters. The Kier molecular flexibility index (Phi) is 4.35. The van der Waals surface area contributed by atoms with E-state index in [0.717, 1.165) is 0 Å². The Hall–Kier alpha value is -0.810. The van der Waals surface area contributed by atoms with Crippen molar-refractivity contribution in [1.29, 1.82) is 0 Å². The second kappa shape index (κ2) is 5.32. The number of aliphatic hydroxyl groups excluding tert-OH is 3. The normalized spacial score (nSPS) is 14.9. The Morgan fingerprint density at radius 2 is 1.93 bits per heavy atom. The highest BCUT2D eigenvalue weighted by atomic mass is 35.5. The maximum absolute atomic E-state index is 9.67. The van der Waals surface area contributed by atoms with Crippen molar-refractivity contribution in [2.75, 3.05) is 6.61 Å². The third-order valence-electron chi connectivity index (χ3n) is 2.12. The molecule has 1 rings (SSSR count). The van der Waals surface area contributed by atoms with Gasteiger partial charge in [0.2, 0.25) is 0 Å². The van der Waals surface area contributed by atoms with Gasteiger partial charge in [0, 0.05) is 12.2 Å². The van der Waals surface area contributed by atoms with Crippen LogP contribution in [-0.4, -0.2) is 33.1 Å². The van der Waals surface area contributed by atoms with Crippen LogP contribution in [0.2, 0.25) is 5.02 Å². The predicted molar refractivity (Wildman–Crippen MR) is 55.8 cm³/mol. The van der Waals surface area contributed by atoms with Gasteiger partial charge in [-0.3, -0.25) is 0 Å². The molecule has 0 aliphatic carbocycles. The Labute approximate surface area is 92.4 Å². The van der Waals surface area contributed by atoms with Crippen LogP contribution in [0.1, 0.15) is 18.1 Å². The van der Waals surface area contributed by atoms with Crippen molar-refractivity contribution in [3.8, 4) is 5.75 Å². The van der Waals surface area contributed by atoms with Crippen LogP contribution < -0.4 is 0 Å². The highest BCUT2D eigenvalue weighted by Gasteiger charge is 2.21. The van der Waals surface area contributed by atoms with Crippen LogP contribution in [0.15, 0.2) is 18.2 Å². The minimum atomic E-state index is -1.21. The first-order valence-corrected chi connectivity index (χ1v) is 4.90. The van der Waals surface area contributed by atoms with Gasteiger partial charge in [-0.05, 0) is 12.5 Å². The monoisotopic (exact) mass is 232 g/mol. The number of halogens is 1. The van der Waals surface area contributed by atoms with Crippen LogP contribution in [0.5, 0.6) is 5.75 Å². The van der Waals surface area contributed by atoms with E-state index in [1.54, 1.807) is 0 Å². The van der Waals surface area contributed by atoms with Gasteiger partial charge in [0.15, 0.2) is 0 Å². The van der Waals surface area contributed by atoms with Crippen LogP contribution in [0.25, 0.3) is 0 Å². The van der Waals surface area contributed by atoms with Gasteiger partial charge in [-0.1, -0.05) is 23.7 Å². The molecule has 0 radical (unpaired) electrons. The predicted octanol–water partition coefficient (Wildman–Crippen LogP) is 0.822. The minimum absolute atomic E-state index is 0.0157. The van der Waals surface area contributed by atoms with Gasteiger partial charge in [0.05, 0.1) is 11.1 Å². The van der Waals surface area contributed by atoms with E-state index in [2.05, 4.69) is 0 Å². The van der Waals surface area contributed by atoms with Crippen molar-refractivity contribution in [3.05, 3.63) is 28.8 Å². The van der Waals surface area contributed by atoms with Crippen molar-refractivity contribution in [1.82, 2.24) is 0 Å². The highest BCUT2D eigenvalue weighted by molar-refractivity contribution is 6.32. The van der Waals surface area contributed by atoms with Crippen LogP contribution in [0, 0.1) is 0 Å². The van der Waals surface area contributed by atoms with E-state index in [1.807, 2.05) is 0 Å². The first-order valence-electron chi connectivity index (χ1n) is 4.52. The van der Waals surface area contributed by atoms with Crippen LogP contribution in [0.3, 0.4) is 0 Å². The maximum atomic E-state index is 9.67. The fourth-order valence-corrected chi connectivity index (χ4v) is 1.50. The number of hydrogen-bond acceptors (Lipinski definition) is 4. The zero-order valence-electron chi connectivity index (χ0n) is 7.97. The van der Waals surface area contributed by atoms with Gasteiger partial charge < -0.3 is 20.4 Å². The van der Waals surface area contributed by atoms with E-state index in [4.69, 9.17) is 16.7 Å². The summed E-state index contributed by atoms with van der Waals surface area (Å²) in [5.41, 5.74) is 0.248. The summed E-state index contributed by atoms with van der Waals surface area (Å²) in [4.78, 5) is 0. The molecule has 4 N–H and O–H groups in total. The molecule has 0 bridgehead atoms.